The van der Waals surface area contributed by atoms with E-state index in [4.69, 9.17) is 28.4 Å². The summed E-state index contributed by atoms with van der Waals surface area (Å²) in [6.07, 6.45) is -3.12. The number of ketones is 1. The van der Waals surface area contributed by atoms with Crippen LogP contribution < -0.4 is 0 Å². The number of aliphatic hydroxyl groups is 1. The molecule has 304 valence electrons. The van der Waals surface area contributed by atoms with Gasteiger partial charge in [-0.3, -0.25) is 19.3 Å². The molecule has 5 rings (SSSR count). The molecule has 0 aliphatic carbocycles. The number of hydrogen-bond donors (Lipinski definition) is 1. The highest BCUT2D eigenvalue weighted by molar-refractivity contribution is 5.85. The number of cyclic esters (lactones) is 1. The van der Waals surface area contributed by atoms with E-state index >= 15 is 0 Å². The molecule has 1 N–H and O–H groups in total. The van der Waals surface area contributed by atoms with Crippen molar-refractivity contribution in [3.8, 4) is 0 Å². The Kier molecular flexibility index (Phi) is 13.7. The summed E-state index contributed by atoms with van der Waals surface area (Å²) in [6.45, 7) is 16.3. The van der Waals surface area contributed by atoms with Gasteiger partial charge in [0, 0.05) is 36.3 Å². The lowest BCUT2D eigenvalue weighted by atomic mass is 9.70. The average molecular weight is 759 g/mol. The van der Waals surface area contributed by atoms with E-state index in [1.807, 2.05) is 92.7 Å². The molecule has 4 aliphatic heterocycles. The van der Waals surface area contributed by atoms with Crippen molar-refractivity contribution in [2.24, 2.45) is 29.6 Å². The molecule has 12 nitrogen and oxygen atoms in total. The lowest BCUT2D eigenvalue weighted by Crippen LogP contribution is -2.60. The van der Waals surface area contributed by atoms with E-state index in [0.717, 1.165) is 5.56 Å². The van der Waals surface area contributed by atoms with Crippen molar-refractivity contribution in [1.82, 2.24) is 9.80 Å². The zero-order valence-electron chi connectivity index (χ0n) is 34.4. The monoisotopic (exact) mass is 758 g/mol. The molecule has 4 saturated heterocycles. The Bertz CT molecular complexity index is 1450. The van der Waals surface area contributed by atoms with E-state index in [9.17, 15) is 19.5 Å². The van der Waals surface area contributed by atoms with Gasteiger partial charge in [-0.1, -0.05) is 58.0 Å². The number of ether oxygens (including phenoxy) is 6. The summed E-state index contributed by atoms with van der Waals surface area (Å²) in [7, 11) is 5.89. The third-order valence-electron chi connectivity index (χ3n) is 13.0. The topological polar surface area (TPSA) is 133 Å². The second kappa shape index (κ2) is 17.4. The van der Waals surface area contributed by atoms with Gasteiger partial charge in [0.05, 0.1) is 55.5 Å². The molecule has 0 radical (unpaired) electrons. The van der Waals surface area contributed by atoms with Gasteiger partial charge in [0.1, 0.15) is 23.6 Å². The van der Waals surface area contributed by atoms with E-state index in [0.29, 0.717) is 19.4 Å². The average Bonchev–Trinajstić information content (AvgIpc) is 3.46. The van der Waals surface area contributed by atoms with E-state index in [-0.39, 0.29) is 50.0 Å². The molecule has 0 spiro atoms. The molecule has 1 aromatic carbocycles. The van der Waals surface area contributed by atoms with Gasteiger partial charge in [0.25, 0.3) is 0 Å². The van der Waals surface area contributed by atoms with Crippen LogP contribution in [0.3, 0.4) is 0 Å². The van der Waals surface area contributed by atoms with Crippen LogP contribution in [0, 0.1) is 29.6 Å². The van der Waals surface area contributed by atoms with Gasteiger partial charge in [-0.2, -0.15) is 0 Å². The van der Waals surface area contributed by atoms with Gasteiger partial charge < -0.3 is 38.4 Å². The van der Waals surface area contributed by atoms with Crippen LogP contribution in [0.15, 0.2) is 30.3 Å². The third-order valence-corrected chi connectivity index (χ3v) is 13.0. The van der Waals surface area contributed by atoms with E-state index in [1.54, 1.807) is 6.92 Å². The Labute approximate surface area is 322 Å². The van der Waals surface area contributed by atoms with Crippen LogP contribution in [0.25, 0.3) is 0 Å². The lowest BCUT2D eigenvalue weighted by Gasteiger charge is -2.48. The normalized spacial score (nSPS) is 42.8. The maximum atomic E-state index is 14.5. The summed E-state index contributed by atoms with van der Waals surface area (Å²) in [5.74, 6) is -3.80. The first-order chi connectivity index (χ1) is 25.4. The van der Waals surface area contributed by atoms with Gasteiger partial charge >= 0.3 is 11.9 Å². The number of benzene rings is 1. The number of carbonyl (C=O) groups is 3. The Morgan fingerprint density at radius 2 is 1.65 bits per heavy atom. The molecule has 4 aliphatic rings. The first kappa shape index (κ1) is 42.7. The minimum absolute atomic E-state index is 0.0342. The number of rotatable bonds is 7. The standard InChI is InChI=1S/C42H66N2O10/c1-12-33-42(8)31(19-34(45)54-42)26(4)35(46)24(2)20-41(7)38(53-40-36(47)32(43(9)10)18-25(3)51-40)27(5)37(28(6)39(48)52-33)49-22-30(23-50-41)44(11)21-29-16-14-13-15-17-29/h13-17,24-28,30-33,36-38,40,47H,12,18-23H2,1-11H3/t24-,25-,26-,27-,28-,30?,31+,32+,33-,36-,37+,38-,40+,41-,42+/m1/s1. The van der Waals surface area contributed by atoms with Gasteiger partial charge in [0.2, 0.25) is 0 Å². The van der Waals surface area contributed by atoms with Crippen LogP contribution in [0.2, 0.25) is 0 Å². The van der Waals surface area contributed by atoms with Gasteiger partial charge in [-0.15, -0.1) is 0 Å². The summed E-state index contributed by atoms with van der Waals surface area (Å²) in [6, 6.07) is 9.73. The van der Waals surface area contributed by atoms with Crippen LogP contribution >= 0.6 is 0 Å². The zero-order valence-corrected chi connectivity index (χ0v) is 34.4. The predicted molar refractivity (Wildman–Crippen MR) is 202 cm³/mol. The van der Waals surface area contributed by atoms with Gasteiger partial charge in [0.15, 0.2) is 6.29 Å². The molecule has 0 amide bonds. The lowest BCUT2D eigenvalue weighted by molar-refractivity contribution is -0.303. The van der Waals surface area contributed by atoms with Crippen LogP contribution in [-0.4, -0.2) is 127 Å². The summed E-state index contributed by atoms with van der Waals surface area (Å²) < 4.78 is 39.5. The summed E-state index contributed by atoms with van der Waals surface area (Å²) in [5, 5.41) is 11.7. The number of esters is 2. The molecule has 1 aromatic rings. The Morgan fingerprint density at radius 1 is 0.963 bits per heavy atom. The molecular formula is C42H66N2O10. The number of likely N-dealkylation sites (N-methyl/N-ethyl adjacent to an activating group) is 2. The maximum Gasteiger partial charge on any atom is 0.311 e. The van der Waals surface area contributed by atoms with Crippen molar-refractivity contribution >= 4 is 17.7 Å². The molecule has 0 saturated carbocycles. The van der Waals surface area contributed by atoms with Crippen molar-refractivity contribution < 1.29 is 47.9 Å². The second-order valence-corrected chi connectivity index (χ2v) is 17.4. The van der Waals surface area contributed by atoms with Crippen LogP contribution in [0.1, 0.15) is 86.6 Å². The van der Waals surface area contributed by atoms with Crippen LogP contribution in [0.4, 0.5) is 0 Å². The number of aliphatic hydroxyl groups excluding tert-OH is 1. The third kappa shape index (κ3) is 8.90. The highest BCUT2D eigenvalue weighted by Gasteiger charge is 2.57. The second-order valence-electron chi connectivity index (χ2n) is 17.4. The zero-order chi connectivity index (χ0) is 39.7. The fourth-order valence-corrected chi connectivity index (χ4v) is 9.68. The van der Waals surface area contributed by atoms with Gasteiger partial charge in [-0.25, -0.2) is 0 Å². The smallest absolute Gasteiger partial charge is 0.311 e. The number of hydrogen-bond acceptors (Lipinski definition) is 12. The molecule has 4 fully saturated rings. The fraction of sp³-hybridized carbons (Fsp3) is 0.786. The molecule has 4 heterocycles. The highest BCUT2D eigenvalue weighted by atomic mass is 16.7. The van der Waals surface area contributed by atoms with Crippen LogP contribution in [0.5, 0.6) is 0 Å². The number of carbonyl (C=O) groups excluding carboxylic acids is 3. The maximum absolute atomic E-state index is 14.5. The molecule has 15 atom stereocenters. The first-order valence-electron chi connectivity index (χ1n) is 20.0. The number of Topliss-reactive ketones (excluding diaryl/α,β-unsaturated/α-hetero) is 1. The molecule has 54 heavy (non-hydrogen) atoms. The molecular weight excluding hydrogens is 692 g/mol. The molecule has 1 unspecified atom stereocenters. The SMILES string of the molecule is CC[C@H]1OC(=O)[C@H](C)[C@H]2OCC(N(C)Cc3ccccc3)CO[C@](C)(C[C@@H](C)C(=O)[C@H](C)[C@@H]3CC(=O)O[C@]13C)[C@H](O[C@@H]1O[C@H](C)C[C@H](N(C)C)[C@H]1O)[C@@H]2C. The van der Waals surface area contributed by atoms with Crippen molar-refractivity contribution in [1.29, 1.82) is 0 Å². The van der Waals surface area contributed by atoms with Crippen molar-refractivity contribution in [2.75, 3.05) is 34.4 Å². The summed E-state index contributed by atoms with van der Waals surface area (Å²) in [5.41, 5.74) is -1.16. The van der Waals surface area contributed by atoms with Gasteiger partial charge in [-0.05, 0) is 73.7 Å². The number of fused-ring (bicyclic) bond motifs is 4. The fourth-order valence-electron chi connectivity index (χ4n) is 9.68. The Hall–Kier alpha value is -2.45. The Morgan fingerprint density at radius 3 is 2.30 bits per heavy atom. The van der Waals surface area contributed by atoms with Crippen molar-refractivity contribution in [2.45, 2.75) is 148 Å². The van der Waals surface area contributed by atoms with Crippen molar-refractivity contribution in [3.63, 3.8) is 0 Å². The quantitative estimate of drug-likeness (QED) is 0.389. The largest absolute Gasteiger partial charge is 0.458 e. The molecule has 12 heteroatoms. The van der Waals surface area contributed by atoms with E-state index < -0.39 is 83.4 Å². The van der Waals surface area contributed by atoms with E-state index in [1.165, 1.54) is 0 Å². The predicted octanol–water partition coefficient (Wildman–Crippen LogP) is 4.63. The summed E-state index contributed by atoms with van der Waals surface area (Å²) >= 11 is 0. The minimum atomic E-state index is -1.18. The number of nitrogens with zero attached hydrogens (tertiary/aromatic N) is 2. The minimum Gasteiger partial charge on any atom is -0.458 e. The Balaban J connectivity index is 1.61. The molecule has 0 aromatic heterocycles. The summed E-state index contributed by atoms with van der Waals surface area (Å²) in [4.78, 5) is 46.0. The first-order valence-corrected chi connectivity index (χ1v) is 20.0. The van der Waals surface area contributed by atoms with E-state index in [2.05, 4.69) is 17.0 Å². The molecule has 2 bridgehead atoms. The van der Waals surface area contributed by atoms with Crippen molar-refractivity contribution in [3.05, 3.63) is 35.9 Å². The van der Waals surface area contributed by atoms with Crippen LogP contribution in [-0.2, 0) is 49.3 Å². The highest BCUT2D eigenvalue weighted by Crippen LogP contribution is 2.46.